The number of ketones is 1. The van der Waals surface area contributed by atoms with Crippen LogP contribution in [0.2, 0.25) is 0 Å². The normalized spacial score (nSPS) is 11.6. The van der Waals surface area contributed by atoms with Gasteiger partial charge in [-0.05, 0) is 11.0 Å². The third-order valence-electron chi connectivity index (χ3n) is 3.06. The second kappa shape index (κ2) is 4.96. The zero-order valence-corrected chi connectivity index (χ0v) is 11.8. The minimum atomic E-state index is 0.0703. The lowest BCUT2D eigenvalue weighted by molar-refractivity contribution is 0.0992. The van der Waals surface area contributed by atoms with E-state index >= 15 is 0 Å². The largest absolute Gasteiger partial charge is 0.294 e. The Morgan fingerprint density at radius 3 is 2.32 bits per heavy atom. The Morgan fingerprint density at radius 1 is 1.21 bits per heavy atom. The predicted molar refractivity (Wildman–Crippen MR) is 74.2 cm³/mol. The highest BCUT2D eigenvalue weighted by atomic mass is 16.1. The van der Waals surface area contributed by atoms with E-state index in [1.54, 1.807) is 17.9 Å². The zero-order chi connectivity index (χ0) is 14.0. The van der Waals surface area contributed by atoms with Crippen LogP contribution in [0.3, 0.4) is 0 Å². The van der Waals surface area contributed by atoms with E-state index in [4.69, 9.17) is 0 Å². The van der Waals surface area contributed by atoms with E-state index in [9.17, 15) is 4.79 Å². The summed E-state index contributed by atoms with van der Waals surface area (Å²) in [5.74, 6) is 0.0703. The molecule has 1 aromatic carbocycles. The molecule has 0 radical (unpaired) electrons. The van der Waals surface area contributed by atoms with Crippen molar-refractivity contribution < 1.29 is 4.79 Å². The van der Waals surface area contributed by atoms with Crippen molar-refractivity contribution >= 4 is 5.78 Å². The van der Waals surface area contributed by atoms with E-state index in [2.05, 4.69) is 31.1 Å². The van der Waals surface area contributed by atoms with Gasteiger partial charge in [0.2, 0.25) is 0 Å². The summed E-state index contributed by atoms with van der Waals surface area (Å²) in [4.78, 5) is 12.1. The highest BCUT2D eigenvalue weighted by molar-refractivity contribution is 5.97. The number of nitrogens with zero attached hydrogens (tertiary/aromatic N) is 3. The fourth-order valence-corrected chi connectivity index (χ4v) is 1.90. The first kappa shape index (κ1) is 13.5. The van der Waals surface area contributed by atoms with Crippen LogP contribution in [0.4, 0.5) is 0 Å². The van der Waals surface area contributed by atoms with E-state index < -0.39 is 0 Å². The lowest BCUT2D eigenvalue weighted by Gasteiger charge is -2.18. The molecule has 0 saturated heterocycles. The van der Waals surface area contributed by atoms with Gasteiger partial charge in [-0.2, -0.15) is 0 Å². The van der Waals surface area contributed by atoms with Gasteiger partial charge >= 0.3 is 0 Å². The van der Waals surface area contributed by atoms with Crippen LogP contribution in [0.1, 0.15) is 42.4 Å². The van der Waals surface area contributed by atoms with Gasteiger partial charge in [-0.1, -0.05) is 50.3 Å². The predicted octanol–water partition coefficient (Wildman–Crippen LogP) is 2.54. The SMILES string of the molecule is Cn1cc(CC(=O)c2ccc(C(C)(C)C)cc2)nn1. The van der Waals surface area contributed by atoms with Crippen LogP contribution in [0.25, 0.3) is 0 Å². The smallest absolute Gasteiger partial charge is 0.168 e. The second-order valence-corrected chi connectivity index (χ2v) is 5.81. The summed E-state index contributed by atoms with van der Waals surface area (Å²) in [5, 5.41) is 7.75. The highest BCUT2D eigenvalue weighted by Gasteiger charge is 2.15. The van der Waals surface area contributed by atoms with Crippen molar-refractivity contribution in [1.82, 2.24) is 15.0 Å². The van der Waals surface area contributed by atoms with Gasteiger partial charge in [0.25, 0.3) is 0 Å². The molecule has 1 heterocycles. The van der Waals surface area contributed by atoms with Crippen molar-refractivity contribution in [1.29, 1.82) is 0 Å². The Balaban J connectivity index is 2.12. The molecule has 2 rings (SSSR count). The lowest BCUT2D eigenvalue weighted by atomic mass is 9.86. The summed E-state index contributed by atoms with van der Waals surface area (Å²) in [6.45, 7) is 6.47. The summed E-state index contributed by atoms with van der Waals surface area (Å²) >= 11 is 0. The molecule has 0 spiro atoms. The van der Waals surface area contributed by atoms with E-state index in [-0.39, 0.29) is 11.2 Å². The minimum Gasteiger partial charge on any atom is -0.294 e. The van der Waals surface area contributed by atoms with E-state index in [1.807, 2.05) is 24.3 Å². The Bertz CT molecular complexity index is 576. The number of aromatic nitrogens is 3. The number of Topliss-reactive ketones (excluding diaryl/α,β-unsaturated/α-hetero) is 1. The van der Waals surface area contributed by atoms with Gasteiger partial charge in [0, 0.05) is 18.8 Å². The van der Waals surface area contributed by atoms with Crippen molar-refractivity contribution in [3.8, 4) is 0 Å². The van der Waals surface area contributed by atoms with Crippen LogP contribution in [0, 0.1) is 0 Å². The third-order valence-corrected chi connectivity index (χ3v) is 3.06. The standard InChI is InChI=1S/C15H19N3O/c1-15(2,3)12-7-5-11(6-8-12)14(19)9-13-10-18(4)17-16-13/h5-8,10H,9H2,1-4H3. The molecule has 0 aliphatic rings. The molecule has 0 aliphatic heterocycles. The van der Waals surface area contributed by atoms with E-state index in [0.717, 1.165) is 5.56 Å². The zero-order valence-electron chi connectivity index (χ0n) is 11.8. The molecule has 19 heavy (non-hydrogen) atoms. The van der Waals surface area contributed by atoms with Crippen molar-refractivity contribution in [2.45, 2.75) is 32.6 Å². The minimum absolute atomic E-state index is 0.0703. The molecule has 1 aromatic heterocycles. The first-order valence-corrected chi connectivity index (χ1v) is 6.35. The van der Waals surface area contributed by atoms with Crippen molar-refractivity contribution in [3.05, 3.63) is 47.3 Å². The highest BCUT2D eigenvalue weighted by Crippen LogP contribution is 2.22. The van der Waals surface area contributed by atoms with Crippen LogP contribution in [0.15, 0.2) is 30.5 Å². The van der Waals surface area contributed by atoms with Gasteiger partial charge in [-0.15, -0.1) is 5.10 Å². The number of aryl methyl sites for hydroxylation is 1. The van der Waals surface area contributed by atoms with Crippen LogP contribution < -0.4 is 0 Å². The van der Waals surface area contributed by atoms with Gasteiger partial charge < -0.3 is 0 Å². The number of carbonyl (C=O) groups excluding carboxylic acids is 1. The van der Waals surface area contributed by atoms with Crippen LogP contribution in [0.5, 0.6) is 0 Å². The van der Waals surface area contributed by atoms with E-state index in [0.29, 0.717) is 12.1 Å². The molecule has 2 aromatic rings. The molecule has 4 heteroatoms. The molecule has 0 fully saturated rings. The molecular weight excluding hydrogens is 238 g/mol. The Labute approximate surface area is 113 Å². The molecule has 0 atom stereocenters. The van der Waals surface area contributed by atoms with Crippen molar-refractivity contribution in [3.63, 3.8) is 0 Å². The monoisotopic (exact) mass is 257 g/mol. The molecule has 100 valence electrons. The quantitative estimate of drug-likeness (QED) is 0.794. The van der Waals surface area contributed by atoms with Gasteiger partial charge in [0.05, 0.1) is 12.1 Å². The summed E-state index contributed by atoms with van der Waals surface area (Å²) in [5.41, 5.74) is 2.75. The van der Waals surface area contributed by atoms with E-state index in [1.165, 1.54) is 5.56 Å². The first-order chi connectivity index (χ1) is 8.86. The number of carbonyl (C=O) groups is 1. The molecule has 0 bridgehead atoms. The van der Waals surface area contributed by atoms with Gasteiger partial charge in [-0.25, -0.2) is 0 Å². The maximum atomic E-state index is 12.1. The molecule has 0 saturated carbocycles. The average molecular weight is 257 g/mol. The Kier molecular flexibility index (Phi) is 3.51. The van der Waals surface area contributed by atoms with Gasteiger partial charge in [0.15, 0.2) is 5.78 Å². The fraction of sp³-hybridized carbons (Fsp3) is 0.400. The number of rotatable bonds is 3. The Hall–Kier alpha value is -1.97. The van der Waals surface area contributed by atoms with Gasteiger partial charge in [-0.3, -0.25) is 9.48 Å². The van der Waals surface area contributed by atoms with Crippen LogP contribution in [-0.4, -0.2) is 20.8 Å². The number of benzene rings is 1. The topological polar surface area (TPSA) is 47.8 Å². The van der Waals surface area contributed by atoms with Crippen molar-refractivity contribution in [2.24, 2.45) is 7.05 Å². The molecular formula is C15H19N3O. The lowest BCUT2D eigenvalue weighted by Crippen LogP contribution is -2.11. The fourth-order valence-electron chi connectivity index (χ4n) is 1.90. The molecule has 4 nitrogen and oxygen atoms in total. The number of hydrogen-bond acceptors (Lipinski definition) is 3. The third kappa shape index (κ3) is 3.28. The van der Waals surface area contributed by atoms with Gasteiger partial charge in [0.1, 0.15) is 0 Å². The average Bonchev–Trinajstić information content (AvgIpc) is 2.74. The first-order valence-electron chi connectivity index (χ1n) is 6.35. The maximum absolute atomic E-state index is 12.1. The summed E-state index contributed by atoms with van der Waals surface area (Å²) in [6.07, 6.45) is 2.06. The maximum Gasteiger partial charge on any atom is 0.168 e. The van der Waals surface area contributed by atoms with Crippen LogP contribution in [-0.2, 0) is 18.9 Å². The summed E-state index contributed by atoms with van der Waals surface area (Å²) in [7, 11) is 1.79. The second-order valence-electron chi connectivity index (χ2n) is 5.81. The molecule has 0 N–H and O–H groups in total. The number of hydrogen-bond donors (Lipinski definition) is 0. The molecule has 0 unspecified atom stereocenters. The molecule has 0 aliphatic carbocycles. The Morgan fingerprint density at radius 2 is 1.84 bits per heavy atom. The molecule has 0 amide bonds. The van der Waals surface area contributed by atoms with Crippen molar-refractivity contribution in [2.75, 3.05) is 0 Å². The summed E-state index contributed by atoms with van der Waals surface area (Å²) in [6, 6.07) is 7.81. The summed E-state index contributed by atoms with van der Waals surface area (Å²) < 4.78 is 1.60. The van der Waals surface area contributed by atoms with Crippen LogP contribution >= 0.6 is 0 Å².